The van der Waals surface area contributed by atoms with E-state index in [1.165, 1.54) is 12.1 Å². The number of carboxylic acids is 1. The van der Waals surface area contributed by atoms with Crippen molar-refractivity contribution in [2.45, 2.75) is 18.2 Å². The molecule has 0 saturated carbocycles. The highest BCUT2D eigenvalue weighted by atomic mass is 32.2. The Morgan fingerprint density at radius 3 is 2.38 bits per heavy atom. The predicted molar refractivity (Wildman–Crippen MR) is 79.8 cm³/mol. The molecule has 0 amide bonds. The quantitative estimate of drug-likeness (QED) is 0.888. The van der Waals surface area contributed by atoms with Gasteiger partial charge in [-0.05, 0) is 42.3 Å². The molecule has 0 aliphatic carbocycles. The number of carbonyl (C=O) groups is 1. The number of carboxylic acid groups (broad SMARTS) is 1. The zero-order valence-electron chi connectivity index (χ0n) is 11.4. The minimum Gasteiger partial charge on any atom is -0.481 e. The van der Waals surface area contributed by atoms with Gasteiger partial charge in [-0.2, -0.15) is 0 Å². The summed E-state index contributed by atoms with van der Waals surface area (Å²) in [5.41, 5.74) is 1.79. The standard InChI is InChI=1S/C15H15NO4S/c1-11-9-13(8-7-12(11)10-15(17)18)16-21(19,20)14-5-3-2-4-6-14/h2-9,16H,10H2,1H3,(H,17,18). The molecule has 0 radical (unpaired) electrons. The molecule has 0 bridgehead atoms. The number of aryl methyl sites for hydroxylation is 1. The molecule has 0 aliphatic heterocycles. The van der Waals surface area contributed by atoms with Gasteiger partial charge in [0.25, 0.3) is 10.0 Å². The van der Waals surface area contributed by atoms with Crippen molar-refractivity contribution < 1.29 is 18.3 Å². The monoisotopic (exact) mass is 305 g/mol. The number of aliphatic carboxylic acids is 1. The van der Waals surface area contributed by atoms with E-state index in [9.17, 15) is 13.2 Å². The largest absolute Gasteiger partial charge is 0.481 e. The van der Waals surface area contributed by atoms with Crippen LogP contribution < -0.4 is 4.72 Å². The van der Waals surface area contributed by atoms with E-state index in [0.717, 1.165) is 5.56 Å². The van der Waals surface area contributed by atoms with Gasteiger partial charge in [0, 0.05) is 5.69 Å². The van der Waals surface area contributed by atoms with Crippen molar-refractivity contribution in [2.24, 2.45) is 0 Å². The fraction of sp³-hybridized carbons (Fsp3) is 0.133. The van der Waals surface area contributed by atoms with Crippen LogP contribution in [0, 0.1) is 6.92 Å². The second-order valence-electron chi connectivity index (χ2n) is 4.63. The van der Waals surface area contributed by atoms with Crippen LogP contribution in [0.4, 0.5) is 5.69 Å². The number of anilines is 1. The Morgan fingerprint density at radius 1 is 1.14 bits per heavy atom. The second-order valence-corrected chi connectivity index (χ2v) is 6.31. The smallest absolute Gasteiger partial charge is 0.307 e. The summed E-state index contributed by atoms with van der Waals surface area (Å²) in [4.78, 5) is 10.9. The van der Waals surface area contributed by atoms with Crippen molar-refractivity contribution in [3.8, 4) is 0 Å². The van der Waals surface area contributed by atoms with Gasteiger partial charge in [0.1, 0.15) is 0 Å². The second kappa shape index (κ2) is 5.97. The van der Waals surface area contributed by atoms with Crippen LogP contribution in [0.25, 0.3) is 0 Å². The van der Waals surface area contributed by atoms with Crippen molar-refractivity contribution in [1.82, 2.24) is 0 Å². The summed E-state index contributed by atoms with van der Waals surface area (Å²) in [6.07, 6.45) is -0.0858. The molecule has 0 unspecified atom stereocenters. The van der Waals surface area contributed by atoms with E-state index in [2.05, 4.69) is 4.72 Å². The maximum absolute atomic E-state index is 12.2. The lowest BCUT2D eigenvalue weighted by Crippen LogP contribution is -2.13. The zero-order chi connectivity index (χ0) is 15.5. The molecule has 0 fully saturated rings. The molecule has 110 valence electrons. The molecule has 0 heterocycles. The van der Waals surface area contributed by atoms with Crippen molar-refractivity contribution in [1.29, 1.82) is 0 Å². The first-order chi connectivity index (χ1) is 9.88. The third-order valence-electron chi connectivity index (χ3n) is 2.99. The molecule has 2 aromatic carbocycles. The number of nitrogens with one attached hydrogen (secondary N) is 1. The van der Waals surface area contributed by atoms with Crippen molar-refractivity contribution in [2.75, 3.05) is 4.72 Å². The highest BCUT2D eigenvalue weighted by Crippen LogP contribution is 2.19. The minimum absolute atomic E-state index is 0.0858. The highest BCUT2D eigenvalue weighted by molar-refractivity contribution is 7.92. The molecule has 0 atom stereocenters. The molecule has 0 spiro atoms. The van der Waals surface area contributed by atoms with Gasteiger partial charge < -0.3 is 5.11 Å². The molecular weight excluding hydrogens is 290 g/mol. The lowest BCUT2D eigenvalue weighted by Gasteiger charge is -2.10. The molecular formula is C15H15NO4S. The first-order valence-electron chi connectivity index (χ1n) is 6.28. The molecule has 0 aromatic heterocycles. The Labute approximate surface area is 123 Å². The summed E-state index contributed by atoms with van der Waals surface area (Å²) >= 11 is 0. The van der Waals surface area contributed by atoms with E-state index < -0.39 is 16.0 Å². The lowest BCUT2D eigenvalue weighted by atomic mass is 10.1. The Kier molecular flexibility index (Phi) is 4.28. The van der Waals surface area contributed by atoms with Crippen molar-refractivity contribution in [3.63, 3.8) is 0 Å². The van der Waals surface area contributed by atoms with Crippen LogP contribution in [-0.4, -0.2) is 19.5 Å². The van der Waals surface area contributed by atoms with Gasteiger partial charge in [-0.3, -0.25) is 9.52 Å². The maximum atomic E-state index is 12.2. The highest BCUT2D eigenvalue weighted by Gasteiger charge is 2.14. The number of hydrogen-bond donors (Lipinski definition) is 2. The Balaban J connectivity index is 2.24. The van der Waals surface area contributed by atoms with Gasteiger partial charge in [-0.25, -0.2) is 8.42 Å². The topological polar surface area (TPSA) is 83.5 Å². The maximum Gasteiger partial charge on any atom is 0.307 e. The average molecular weight is 305 g/mol. The number of rotatable bonds is 5. The lowest BCUT2D eigenvalue weighted by molar-refractivity contribution is -0.136. The van der Waals surface area contributed by atoms with Gasteiger partial charge in [0.2, 0.25) is 0 Å². The first-order valence-corrected chi connectivity index (χ1v) is 7.76. The first kappa shape index (κ1) is 15.1. The molecule has 6 heteroatoms. The molecule has 2 rings (SSSR count). The SMILES string of the molecule is Cc1cc(NS(=O)(=O)c2ccccc2)ccc1CC(=O)O. The van der Waals surface area contributed by atoms with Gasteiger partial charge in [-0.1, -0.05) is 24.3 Å². The minimum atomic E-state index is -3.63. The van der Waals surface area contributed by atoms with Crippen LogP contribution in [0.15, 0.2) is 53.4 Å². The number of benzene rings is 2. The van der Waals surface area contributed by atoms with E-state index in [-0.39, 0.29) is 11.3 Å². The van der Waals surface area contributed by atoms with Crippen molar-refractivity contribution in [3.05, 3.63) is 59.7 Å². The van der Waals surface area contributed by atoms with Crippen LogP contribution >= 0.6 is 0 Å². The van der Waals surface area contributed by atoms with Crippen LogP contribution in [0.3, 0.4) is 0 Å². The molecule has 2 aromatic rings. The molecule has 21 heavy (non-hydrogen) atoms. The normalized spacial score (nSPS) is 11.1. The summed E-state index contributed by atoms with van der Waals surface area (Å²) in [6.45, 7) is 1.75. The summed E-state index contributed by atoms with van der Waals surface area (Å²) in [5, 5.41) is 8.78. The van der Waals surface area contributed by atoms with Crippen LogP contribution in [-0.2, 0) is 21.2 Å². The van der Waals surface area contributed by atoms with Crippen LogP contribution in [0.1, 0.15) is 11.1 Å². The molecule has 0 aliphatic rings. The molecule has 0 saturated heterocycles. The van der Waals surface area contributed by atoms with Crippen molar-refractivity contribution >= 4 is 21.7 Å². The Hall–Kier alpha value is -2.34. The predicted octanol–water partition coefficient (Wildman–Crippen LogP) is 2.42. The summed E-state index contributed by atoms with van der Waals surface area (Å²) in [7, 11) is -3.63. The third kappa shape index (κ3) is 3.82. The number of sulfonamides is 1. The third-order valence-corrected chi connectivity index (χ3v) is 4.39. The van der Waals surface area contributed by atoms with E-state index in [1.807, 2.05) is 0 Å². The number of hydrogen-bond acceptors (Lipinski definition) is 3. The summed E-state index contributed by atoms with van der Waals surface area (Å²) < 4.78 is 26.8. The van der Waals surface area contributed by atoms with Crippen LogP contribution in [0.5, 0.6) is 0 Å². The fourth-order valence-electron chi connectivity index (χ4n) is 1.93. The van der Waals surface area contributed by atoms with E-state index >= 15 is 0 Å². The van der Waals surface area contributed by atoms with Gasteiger partial charge in [0.15, 0.2) is 0 Å². The van der Waals surface area contributed by atoms with Gasteiger partial charge in [0.05, 0.1) is 11.3 Å². The van der Waals surface area contributed by atoms with E-state index in [1.54, 1.807) is 43.3 Å². The van der Waals surface area contributed by atoms with Gasteiger partial charge in [-0.15, -0.1) is 0 Å². The Bertz CT molecular complexity index is 754. The molecule has 2 N–H and O–H groups in total. The summed E-state index contributed by atoms with van der Waals surface area (Å²) in [6, 6.07) is 12.9. The Morgan fingerprint density at radius 2 is 1.81 bits per heavy atom. The summed E-state index contributed by atoms with van der Waals surface area (Å²) in [5.74, 6) is -0.921. The molecule has 5 nitrogen and oxygen atoms in total. The zero-order valence-corrected chi connectivity index (χ0v) is 12.2. The van der Waals surface area contributed by atoms with Gasteiger partial charge >= 0.3 is 5.97 Å². The van der Waals surface area contributed by atoms with E-state index in [4.69, 9.17) is 5.11 Å². The van der Waals surface area contributed by atoms with E-state index in [0.29, 0.717) is 11.3 Å². The fourth-order valence-corrected chi connectivity index (χ4v) is 3.00. The van der Waals surface area contributed by atoms with Crippen LogP contribution in [0.2, 0.25) is 0 Å². The average Bonchev–Trinajstić information content (AvgIpc) is 2.42.